The zero-order valence-electron chi connectivity index (χ0n) is 12.2. The molecule has 1 saturated heterocycles. The molecule has 0 aliphatic carbocycles. The summed E-state index contributed by atoms with van der Waals surface area (Å²) < 4.78 is 6.43. The number of halogens is 1. The highest BCUT2D eigenvalue weighted by Gasteiger charge is 2.35. The van der Waals surface area contributed by atoms with Gasteiger partial charge in [0.15, 0.2) is 0 Å². The van der Waals surface area contributed by atoms with Gasteiger partial charge in [0, 0.05) is 40.1 Å². The summed E-state index contributed by atoms with van der Waals surface area (Å²) in [6, 6.07) is 11.7. The van der Waals surface area contributed by atoms with Crippen molar-refractivity contribution in [2.45, 2.75) is 18.3 Å². The molecule has 116 valence electrons. The third-order valence-electron chi connectivity index (χ3n) is 4.17. The maximum absolute atomic E-state index is 12.4. The predicted octanol–water partition coefficient (Wildman–Crippen LogP) is 3.99. The third-order valence-corrected chi connectivity index (χ3v) is 5.78. The van der Waals surface area contributed by atoms with Crippen molar-refractivity contribution in [2.75, 3.05) is 19.8 Å². The van der Waals surface area contributed by atoms with E-state index in [1.54, 1.807) is 11.3 Å². The maximum atomic E-state index is 12.4. The summed E-state index contributed by atoms with van der Waals surface area (Å²) in [6.45, 7) is 2.16. The van der Waals surface area contributed by atoms with E-state index in [1.165, 1.54) is 4.88 Å². The fourth-order valence-electron chi connectivity index (χ4n) is 2.83. The van der Waals surface area contributed by atoms with Gasteiger partial charge in [-0.1, -0.05) is 28.1 Å². The molecule has 1 fully saturated rings. The van der Waals surface area contributed by atoms with Crippen LogP contribution in [0.5, 0.6) is 0 Å². The molecule has 2 heterocycles. The monoisotopic (exact) mass is 379 g/mol. The Morgan fingerprint density at radius 1 is 1.27 bits per heavy atom. The lowest BCUT2D eigenvalue weighted by atomic mass is 9.78. The Labute approximate surface area is 142 Å². The van der Waals surface area contributed by atoms with E-state index in [0.717, 1.165) is 30.5 Å². The quantitative estimate of drug-likeness (QED) is 0.871. The van der Waals surface area contributed by atoms with E-state index in [-0.39, 0.29) is 11.3 Å². The van der Waals surface area contributed by atoms with E-state index >= 15 is 0 Å². The number of thiophene rings is 1. The Hall–Kier alpha value is -1.17. The van der Waals surface area contributed by atoms with Crippen LogP contribution in [-0.4, -0.2) is 25.7 Å². The summed E-state index contributed by atoms with van der Waals surface area (Å²) in [7, 11) is 0. The minimum Gasteiger partial charge on any atom is -0.381 e. The highest BCUT2D eigenvalue weighted by molar-refractivity contribution is 9.10. The van der Waals surface area contributed by atoms with E-state index in [2.05, 4.69) is 38.8 Å². The van der Waals surface area contributed by atoms with Crippen LogP contribution < -0.4 is 5.32 Å². The molecule has 1 aromatic carbocycles. The molecule has 1 amide bonds. The Morgan fingerprint density at radius 2 is 2.09 bits per heavy atom. The molecule has 1 N–H and O–H groups in total. The van der Waals surface area contributed by atoms with Gasteiger partial charge in [0.1, 0.15) is 0 Å². The van der Waals surface area contributed by atoms with Gasteiger partial charge in [-0.05, 0) is 42.5 Å². The molecule has 22 heavy (non-hydrogen) atoms. The van der Waals surface area contributed by atoms with E-state index in [4.69, 9.17) is 4.74 Å². The van der Waals surface area contributed by atoms with Crippen molar-refractivity contribution in [1.82, 2.24) is 5.32 Å². The van der Waals surface area contributed by atoms with Crippen molar-refractivity contribution >= 4 is 33.2 Å². The van der Waals surface area contributed by atoms with Gasteiger partial charge < -0.3 is 10.1 Å². The molecule has 1 aliphatic heterocycles. The molecule has 1 aromatic heterocycles. The molecule has 0 atom stereocenters. The van der Waals surface area contributed by atoms with E-state index in [9.17, 15) is 4.79 Å². The standard InChI is InChI=1S/C17H18BrNO2S/c18-14-4-1-3-13(11-14)16(20)19-12-17(6-8-21-9-7-17)15-5-2-10-22-15/h1-5,10-11H,6-9,12H2,(H,19,20). The van der Waals surface area contributed by atoms with Gasteiger partial charge in [0.2, 0.25) is 0 Å². The molecule has 0 radical (unpaired) electrons. The summed E-state index contributed by atoms with van der Waals surface area (Å²) in [5.41, 5.74) is 0.691. The minimum absolute atomic E-state index is 0.00802. The molecule has 0 spiro atoms. The van der Waals surface area contributed by atoms with Crippen molar-refractivity contribution < 1.29 is 9.53 Å². The Balaban J connectivity index is 1.73. The van der Waals surface area contributed by atoms with Crippen molar-refractivity contribution in [2.24, 2.45) is 0 Å². The van der Waals surface area contributed by atoms with Crippen LogP contribution in [0.4, 0.5) is 0 Å². The smallest absolute Gasteiger partial charge is 0.251 e. The molecule has 1 aliphatic rings. The molecule has 2 aromatic rings. The van der Waals surface area contributed by atoms with Gasteiger partial charge in [0.05, 0.1) is 0 Å². The first kappa shape index (κ1) is 15.7. The lowest BCUT2D eigenvalue weighted by Gasteiger charge is -2.36. The van der Waals surface area contributed by atoms with E-state index in [1.807, 2.05) is 24.3 Å². The molecule has 0 saturated carbocycles. The second kappa shape index (κ2) is 6.94. The summed E-state index contributed by atoms with van der Waals surface area (Å²) in [6.07, 6.45) is 1.90. The van der Waals surface area contributed by atoms with Gasteiger partial charge >= 0.3 is 0 Å². The third kappa shape index (κ3) is 3.42. The first-order chi connectivity index (χ1) is 10.7. The summed E-state index contributed by atoms with van der Waals surface area (Å²) in [5, 5.41) is 5.22. The highest BCUT2D eigenvalue weighted by Crippen LogP contribution is 2.37. The lowest BCUT2D eigenvalue weighted by molar-refractivity contribution is 0.0499. The topological polar surface area (TPSA) is 38.3 Å². The number of nitrogens with one attached hydrogen (secondary N) is 1. The van der Waals surface area contributed by atoms with Crippen LogP contribution in [0.1, 0.15) is 28.1 Å². The number of hydrogen-bond donors (Lipinski definition) is 1. The van der Waals surface area contributed by atoms with Gasteiger partial charge in [0.25, 0.3) is 5.91 Å². The largest absolute Gasteiger partial charge is 0.381 e. The first-order valence-electron chi connectivity index (χ1n) is 7.35. The van der Waals surface area contributed by atoms with Crippen LogP contribution >= 0.6 is 27.3 Å². The fraction of sp³-hybridized carbons (Fsp3) is 0.353. The van der Waals surface area contributed by atoms with Crippen molar-refractivity contribution in [3.8, 4) is 0 Å². The van der Waals surface area contributed by atoms with E-state index in [0.29, 0.717) is 12.1 Å². The number of carbonyl (C=O) groups is 1. The SMILES string of the molecule is O=C(NCC1(c2cccs2)CCOCC1)c1cccc(Br)c1. The second-order valence-electron chi connectivity index (χ2n) is 5.56. The van der Waals surface area contributed by atoms with Gasteiger partial charge in [-0.2, -0.15) is 0 Å². The maximum Gasteiger partial charge on any atom is 0.251 e. The second-order valence-corrected chi connectivity index (χ2v) is 7.43. The molecule has 0 bridgehead atoms. The average molecular weight is 380 g/mol. The zero-order valence-corrected chi connectivity index (χ0v) is 14.6. The highest BCUT2D eigenvalue weighted by atomic mass is 79.9. The predicted molar refractivity (Wildman–Crippen MR) is 92.5 cm³/mol. The summed E-state index contributed by atoms with van der Waals surface area (Å²) >= 11 is 5.17. The fourth-order valence-corrected chi connectivity index (χ4v) is 4.22. The Kier molecular flexibility index (Phi) is 4.96. The lowest BCUT2D eigenvalue weighted by Crippen LogP contribution is -2.44. The van der Waals surface area contributed by atoms with Crippen molar-refractivity contribution in [3.05, 3.63) is 56.7 Å². The van der Waals surface area contributed by atoms with E-state index < -0.39 is 0 Å². The summed E-state index contributed by atoms with van der Waals surface area (Å²) in [5.74, 6) is -0.0243. The number of hydrogen-bond acceptors (Lipinski definition) is 3. The van der Waals surface area contributed by atoms with Crippen LogP contribution in [-0.2, 0) is 10.2 Å². The normalized spacial score (nSPS) is 17.1. The summed E-state index contributed by atoms with van der Waals surface area (Å²) in [4.78, 5) is 13.7. The zero-order chi connectivity index (χ0) is 15.4. The molecule has 5 heteroatoms. The minimum atomic E-state index is -0.0243. The van der Waals surface area contributed by atoms with Crippen LogP contribution in [0.2, 0.25) is 0 Å². The van der Waals surface area contributed by atoms with Crippen LogP contribution in [0.3, 0.4) is 0 Å². The van der Waals surface area contributed by atoms with Crippen molar-refractivity contribution in [1.29, 1.82) is 0 Å². The van der Waals surface area contributed by atoms with Crippen LogP contribution in [0, 0.1) is 0 Å². The molecular formula is C17H18BrNO2S. The van der Waals surface area contributed by atoms with Gasteiger partial charge in [-0.25, -0.2) is 0 Å². The van der Waals surface area contributed by atoms with Crippen molar-refractivity contribution in [3.63, 3.8) is 0 Å². The Morgan fingerprint density at radius 3 is 2.77 bits per heavy atom. The Bertz CT molecular complexity index is 636. The number of rotatable bonds is 4. The average Bonchev–Trinajstić information content (AvgIpc) is 3.09. The number of amides is 1. The number of benzene rings is 1. The van der Waals surface area contributed by atoms with Crippen LogP contribution in [0.25, 0.3) is 0 Å². The molecule has 0 unspecified atom stereocenters. The molecule has 3 rings (SSSR count). The van der Waals surface area contributed by atoms with Gasteiger partial charge in [-0.3, -0.25) is 4.79 Å². The first-order valence-corrected chi connectivity index (χ1v) is 9.02. The molecule has 3 nitrogen and oxygen atoms in total. The van der Waals surface area contributed by atoms with Crippen LogP contribution in [0.15, 0.2) is 46.3 Å². The molecular weight excluding hydrogens is 362 g/mol. The number of carbonyl (C=O) groups excluding carboxylic acids is 1. The number of ether oxygens (including phenoxy) is 1. The van der Waals surface area contributed by atoms with Gasteiger partial charge in [-0.15, -0.1) is 11.3 Å².